The van der Waals surface area contributed by atoms with E-state index >= 15 is 0 Å². The molecule has 1 saturated carbocycles. The second kappa shape index (κ2) is 9.99. The highest BCUT2D eigenvalue weighted by Gasteiger charge is 2.35. The highest BCUT2D eigenvalue weighted by atomic mass is 32.2. The Morgan fingerprint density at radius 2 is 1.86 bits per heavy atom. The van der Waals surface area contributed by atoms with E-state index in [1.54, 1.807) is 6.20 Å². The van der Waals surface area contributed by atoms with E-state index in [0.29, 0.717) is 12.4 Å². The van der Waals surface area contributed by atoms with Crippen LogP contribution < -0.4 is 9.46 Å². The number of aromatic nitrogens is 1. The predicted molar refractivity (Wildman–Crippen MR) is 134 cm³/mol. The number of amides is 1. The van der Waals surface area contributed by atoms with Crippen LogP contribution in [-0.4, -0.2) is 50.2 Å². The summed E-state index contributed by atoms with van der Waals surface area (Å²) in [6.45, 7) is 2.08. The monoisotopic (exact) mass is 509 g/mol. The van der Waals surface area contributed by atoms with Crippen molar-refractivity contribution in [1.82, 2.24) is 14.6 Å². The number of carbonyl (C=O) groups excluding carboxylic acids is 1. The molecule has 1 aliphatic carbocycles. The van der Waals surface area contributed by atoms with Crippen molar-refractivity contribution < 1.29 is 22.3 Å². The van der Waals surface area contributed by atoms with Crippen LogP contribution in [0.1, 0.15) is 51.8 Å². The smallest absolute Gasteiger partial charge is 0.267 e. The number of ether oxygens (including phenoxy) is 1. The maximum atomic E-state index is 14.8. The van der Waals surface area contributed by atoms with Gasteiger partial charge < -0.3 is 4.74 Å². The Kier molecular flexibility index (Phi) is 6.77. The first-order chi connectivity index (χ1) is 17.3. The molecule has 36 heavy (non-hydrogen) atoms. The second-order valence-corrected chi connectivity index (χ2v) is 11.3. The minimum atomic E-state index is -3.79. The predicted octanol–water partition coefficient (Wildman–Crippen LogP) is 3.89. The fourth-order valence-corrected chi connectivity index (χ4v) is 5.18. The molecule has 5 rings (SSSR count). The van der Waals surface area contributed by atoms with E-state index in [0.717, 1.165) is 43.3 Å². The summed E-state index contributed by atoms with van der Waals surface area (Å²) in [4.78, 5) is 18.9. The molecule has 2 aromatic carbocycles. The Balaban J connectivity index is 1.27. The number of rotatable bonds is 9. The zero-order chi connectivity index (χ0) is 25.3. The molecule has 0 spiro atoms. The summed E-state index contributed by atoms with van der Waals surface area (Å²) in [5.41, 5.74) is 2.80. The number of carbonyl (C=O) groups is 1. The molecule has 1 aliphatic heterocycles. The summed E-state index contributed by atoms with van der Waals surface area (Å²) in [5, 5.41) is 0. The second-order valence-electron chi connectivity index (χ2n) is 9.58. The molecule has 2 aliphatic rings. The standard InChI is InChI=1S/C27H28FN3O4S/c1-36(33,34)30-27(32)23-12-22(19-9-10-19)25(13-24(23)28)35-17-18-15-31(16-18)26(20-6-3-2-4-7-20)21-8-5-11-29-14-21/h2-8,11-14,18-19,26H,9-10,15-17H2,1H3,(H,30,32)/t26-/m0/s1. The number of nitrogens with zero attached hydrogens (tertiary/aromatic N) is 2. The first-order valence-corrected chi connectivity index (χ1v) is 13.8. The highest BCUT2D eigenvalue weighted by Crippen LogP contribution is 2.45. The molecular formula is C27H28FN3O4S. The average molecular weight is 510 g/mol. The van der Waals surface area contributed by atoms with E-state index < -0.39 is 21.7 Å². The lowest BCUT2D eigenvalue weighted by Crippen LogP contribution is -2.51. The molecule has 2 heterocycles. The normalized spacial score (nSPS) is 17.3. The number of likely N-dealkylation sites (tertiary alicyclic amines) is 1. The van der Waals surface area contributed by atoms with Crippen LogP contribution in [0.15, 0.2) is 67.0 Å². The van der Waals surface area contributed by atoms with E-state index in [2.05, 4.69) is 28.1 Å². The topological polar surface area (TPSA) is 88.6 Å². The Morgan fingerprint density at radius 3 is 2.50 bits per heavy atom. The maximum Gasteiger partial charge on any atom is 0.267 e. The van der Waals surface area contributed by atoms with Crippen molar-refractivity contribution in [2.45, 2.75) is 24.8 Å². The van der Waals surface area contributed by atoms with E-state index in [1.807, 2.05) is 35.2 Å². The molecule has 1 amide bonds. The van der Waals surface area contributed by atoms with Crippen molar-refractivity contribution >= 4 is 15.9 Å². The van der Waals surface area contributed by atoms with Crippen LogP contribution in [-0.2, 0) is 10.0 Å². The Bertz CT molecular complexity index is 1300. The zero-order valence-corrected chi connectivity index (χ0v) is 20.7. The van der Waals surface area contributed by atoms with Crippen LogP contribution >= 0.6 is 0 Å². The minimum Gasteiger partial charge on any atom is -0.493 e. The number of pyridine rings is 1. The fourth-order valence-electron chi connectivity index (χ4n) is 4.73. The van der Waals surface area contributed by atoms with E-state index in [4.69, 9.17) is 4.74 Å². The van der Waals surface area contributed by atoms with E-state index in [1.165, 1.54) is 17.7 Å². The minimum absolute atomic E-state index is 0.100. The van der Waals surface area contributed by atoms with Gasteiger partial charge in [-0.05, 0) is 47.6 Å². The van der Waals surface area contributed by atoms with Gasteiger partial charge in [0, 0.05) is 37.5 Å². The Hall–Kier alpha value is -3.30. The molecule has 188 valence electrons. The Labute approximate surface area is 210 Å². The molecule has 0 radical (unpaired) electrons. The largest absolute Gasteiger partial charge is 0.493 e. The third-order valence-corrected chi connectivity index (χ3v) is 7.14. The quantitative estimate of drug-likeness (QED) is 0.471. The third kappa shape index (κ3) is 5.57. The summed E-state index contributed by atoms with van der Waals surface area (Å²) < 4.78 is 45.5. The maximum absolute atomic E-state index is 14.8. The van der Waals surface area contributed by atoms with Crippen molar-refractivity contribution in [2.24, 2.45) is 5.92 Å². The van der Waals surface area contributed by atoms with Crippen LogP contribution in [0.5, 0.6) is 5.75 Å². The summed E-state index contributed by atoms with van der Waals surface area (Å²) in [6, 6.07) is 17.1. The molecule has 2 fully saturated rings. The van der Waals surface area contributed by atoms with Crippen LogP contribution in [0, 0.1) is 11.7 Å². The molecular weight excluding hydrogens is 481 g/mol. The lowest BCUT2D eigenvalue weighted by molar-refractivity contribution is 0.0374. The van der Waals surface area contributed by atoms with Crippen LogP contribution in [0.4, 0.5) is 4.39 Å². The van der Waals surface area contributed by atoms with Gasteiger partial charge in [0.2, 0.25) is 10.0 Å². The first kappa shape index (κ1) is 24.4. The van der Waals surface area contributed by atoms with E-state index in [-0.39, 0.29) is 23.4 Å². The number of nitrogens with one attached hydrogen (secondary N) is 1. The molecule has 1 N–H and O–H groups in total. The molecule has 0 unspecified atom stereocenters. The third-order valence-electron chi connectivity index (χ3n) is 6.58. The van der Waals surface area contributed by atoms with Gasteiger partial charge in [-0.2, -0.15) is 0 Å². The number of hydrogen-bond acceptors (Lipinski definition) is 6. The summed E-state index contributed by atoms with van der Waals surface area (Å²) >= 11 is 0. The van der Waals surface area contributed by atoms with Gasteiger partial charge in [0.25, 0.3) is 5.91 Å². The molecule has 9 heteroatoms. The van der Waals surface area contributed by atoms with Crippen molar-refractivity contribution in [3.8, 4) is 5.75 Å². The SMILES string of the molecule is CS(=O)(=O)NC(=O)c1cc(C2CC2)c(OCC2CN([C@@H](c3ccccc3)c3cccnc3)C2)cc1F. The molecule has 0 bridgehead atoms. The molecule has 1 atom stereocenters. The first-order valence-electron chi connectivity index (χ1n) is 12.0. The summed E-state index contributed by atoms with van der Waals surface area (Å²) in [5.74, 6) is -0.879. The summed E-state index contributed by atoms with van der Waals surface area (Å²) in [6.07, 6.45) is 6.38. The van der Waals surface area contributed by atoms with Gasteiger partial charge in [-0.25, -0.2) is 17.5 Å². The van der Waals surface area contributed by atoms with Crippen molar-refractivity contribution in [3.05, 3.63) is 95.1 Å². The number of halogens is 1. The zero-order valence-electron chi connectivity index (χ0n) is 19.9. The van der Waals surface area contributed by atoms with Gasteiger partial charge in [0.1, 0.15) is 11.6 Å². The van der Waals surface area contributed by atoms with Gasteiger partial charge in [-0.1, -0.05) is 36.4 Å². The van der Waals surface area contributed by atoms with Gasteiger partial charge in [0.05, 0.1) is 24.5 Å². The van der Waals surface area contributed by atoms with Gasteiger partial charge in [-0.3, -0.25) is 14.7 Å². The van der Waals surface area contributed by atoms with Crippen LogP contribution in [0.3, 0.4) is 0 Å². The molecule has 3 aromatic rings. The lowest BCUT2D eigenvalue weighted by atomic mass is 9.91. The highest BCUT2D eigenvalue weighted by molar-refractivity contribution is 7.89. The van der Waals surface area contributed by atoms with Gasteiger partial charge in [-0.15, -0.1) is 0 Å². The van der Waals surface area contributed by atoms with Gasteiger partial charge >= 0.3 is 0 Å². The van der Waals surface area contributed by atoms with Crippen molar-refractivity contribution in [1.29, 1.82) is 0 Å². The average Bonchev–Trinajstić information content (AvgIpc) is 3.66. The number of hydrogen-bond donors (Lipinski definition) is 1. The molecule has 7 nitrogen and oxygen atoms in total. The van der Waals surface area contributed by atoms with Crippen LogP contribution in [0.2, 0.25) is 0 Å². The Morgan fingerprint density at radius 1 is 1.14 bits per heavy atom. The lowest BCUT2D eigenvalue weighted by Gasteiger charge is -2.44. The fraction of sp³-hybridized carbons (Fsp3) is 0.333. The van der Waals surface area contributed by atoms with Crippen LogP contribution in [0.25, 0.3) is 0 Å². The van der Waals surface area contributed by atoms with Crippen molar-refractivity contribution in [2.75, 3.05) is 26.0 Å². The number of benzene rings is 2. The van der Waals surface area contributed by atoms with E-state index in [9.17, 15) is 17.6 Å². The molecule has 1 aromatic heterocycles. The van der Waals surface area contributed by atoms with Crippen molar-refractivity contribution in [3.63, 3.8) is 0 Å². The summed E-state index contributed by atoms with van der Waals surface area (Å²) in [7, 11) is -3.79. The molecule has 1 saturated heterocycles. The van der Waals surface area contributed by atoms with Gasteiger partial charge in [0.15, 0.2) is 0 Å². The number of sulfonamides is 1.